The van der Waals surface area contributed by atoms with Crippen molar-refractivity contribution in [2.24, 2.45) is 0 Å². The Labute approximate surface area is 92.3 Å². The second-order valence-electron chi connectivity index (χ2n) is 3.70. The minimum Gasteiger partial charge on any atom is -0.359 e. The molecule has 0 saturated heterocycles. The lowest BCUT2D eigenvalue weighted by molar-refractivity contribution is -0.132. The van der Waals surface area contributed by atoms with Gasteiger partial charge in [-0.25, -0.2) is 9.97 Å². The summed E-state index contributed by atoms with van der Waals surface area (Å²) in [4.78, 5) is 9.63. The second-order valence-corrected chi connectivity index (χ2v) is 3.70. The van der Waals surface area contributed by atoms with E-state index in [0.717, 1.165) is 5.69 Å². The van der Waals surface area contributed by atoms with Gasteiger partial charge in [0.1, 0.15) is 11.6 Å². The van der Waals surface area contributed by atoms with Gasteiger partial charge in [-0.05, 0) is 13.8 Å². The number of hydrogen-bond donors (Lipinski definition) is 0. The quantitative estimate of drug-likeness (QED) is 0.803. The van der Waals surface area contributed by atoms with Crippen LogP contribution in [-0.2, 0) is 0 Å². The molecule has 6 heteroatoms. The first-order valence-electron chi connectivity index (χ1n) is 4.88. The number of aryl methyl sites for hydroxylation is 2. The molecule has 0 amide bonds. The Morgan fingerprint density at radius 1 is 1.25 bits per heavy atom. The number of rotatable bonds is 3. The van der Waals surface area contributed by atoms with Crippen molar-refractivity contribution in [2.75, 3.05) is 18.5 Å². The summed E-state index contributed by atoms with van der Waals surface area (Å²) in [5.41, 5.74) is 0.751. The summed E-state index contributed by atoms with van der Waals surface area (Å²) < 4.78 is 36.1. The van der Waals surface area contributed by atoms with Crippen molar-refractivity contribution in [3.8, 4) is 0 Å². The molecular formula is C10H14F3N3. The second kappa shape index (κ2) is 4.67. The smallest absolute Gasteiger partial charge is 0.359 e. The molecule has 0 radical (unpaired) electrons. The molecule has 0 atom stereocenters. The van der Waals surface area contributed by atoms with Crippen LogP contribution in [0.15, 0.2) is 6.07 Å². The van der Waals surface area contributed by atoms with Gasteiger partial charge in [0.15, 0.2) is 0 Å². The van der Waals surface area contributed by atoms with E-state index in [-0.39, 0.29) is 6.54 Å². The molecule has 1 aromatic heterocycles. The van der Waals surface area contributed by atoms with Gasteiger partial charge in [0, 0.05) is 25.4 Å². The zero-order valence-corrected chi connectivity index (χ0v) is 9.47. The molecule has 3 nitrogen and oxygen atoms in total. The Kier molecular flexibility index (Phi) is 3.72. The van der Waals surface area contributed by atoms with Gasteiger partial charge in [0.25, 0.3) is 0 Å². The van der Waals surface area contributed by atoms with Crippen LogP contribution in [0.5, 0.6) is 0 Å². The maximum absolute atomic E-state index is 12.0. The molecule has 90 valence electrons. The highest BCUT2D eigenvalue weighted by atomic mass is 19.4. The zero-order chi connectivity index (χ0) is 12.3. The fourth-order valence-corrected chi connectivity index (χ4v) is 1.30. The molecule has 0 fully saturated rings. The summed E-state index contributed by atoms with van der Waals surface area (Å²) in [5, 5.41) is 0. The van der Waals surface area contributed by atoms with Gasteiger partial charge in [-0.1, -0.05) is 0 Å². The van der Waals surface area contributed by atoms with E-state index in [4.69, 9.17) is 0 Å². The van der Waals surface area contributed by atoms with Crippen LogP contribution in [0, 0.1) is 13.8 Å². The van der Waals surface area contributed by atoms with E-state index >= 15 is 0 Å². The van der Waals surface area contributed by atoms with Crippen LogP contribution in [-0.4, -0.2) is 29.7 Å². The van der Waals surface area contributed by atoms with Crippen molar-refractivity contribution in [3.05, 3.63) is 17.6 Å². The molecule has 0 saturated carbocycles. The Balaban J connectivity index is 2.69. The lowest BCUT2D eigenvalue weighted by Crippen LogP contribution is -2.25. The minimum atomic E-state index is -4.13. The molecule has 0 aliphatic heterocycles. The molecule has 0 aromatic carbocycles. The summed E-state index contributed by atoms with van der Waals surface area (Å²) >= 11 is 0. The van der Waals surface area contributed by atoms with Crippen LogP contribution in [0.2, 0.25) is 0 Å². The topological polar surface area (TPSA) is 29.0 Å². The average Bonchev–Trinajstić information content (AvgIpc) is 2.11. The highest BCUT2D eigenvalue weighted by Crippen LogP contribution is 2.21. The number of anilines is 1. The molecule has 16 heavy (non-hydrogen) atoms. The number of aromatic nitrogens is 2. The van der Waals surface area contributed by atoms with Gasteiger partial charge in [-0.3, -0.25) is 0 Å². The first kappa shape index (κ1) is 12.7. The van der Waals surface area contributed by atoms with E-state index in [9.17, 15) is 13.2 Å². The molecular weight excluding hydrogens is 219 g/mol. The van der Waals surface area contributed by atoms with E-state index < -0.39 is 12.6 Å². The fraction of sp³-hybridized carbons (Fsp3) is 0.600. The van der Waals surface area contributed by atoms with Gasteiger partial charge in [-0.15, -0.1) is 0 Å². The molecule has 0 spiro atoms. The lowest BCUT2D eigenvalue weighted by atomic mass is 10.3. The lowest BCUT2D eigenvalue weighted by Gasteiger charge is -2.19. The van der Waals surface area contributed by atoms with Crippen molar-refractivity contribution in [2.45, 2.75) is 26.4 Å². The molecule has 0 aliphatic rings. The summed E-state index contributed by atoms with van der Waals surface area (Å²) in [6.45, 7) is 3.41. The molecule has 1 aromatic rings. The normalized spacial score (nSPS) is 11.6. The summed E-state index contributed by atoms with van der Waals surface area (Å²) in [7, 11) is 1.59. The van der Waals surface area contributed by atoms with Crippen LogP contribution >= 0.6 is 0 Å². The van der Waals surface area contributed by atoms with Crippen LogP contribution < -0.4 is 4.90 Å². The summed E-state index contributed by atoms with van der Waals surface area (Å²) in [6.07, 6.45) is -4.98. The predicted octanol–water partition coefficient (Wildman–Crippen LogP) is 2.48. The molecule has 0 bridgehead atoms. The third kappa shape index (κ3) is 4.04. The van der Waals surface area contributed by atoms with Crippen molar-refractivity contribution >= 4 is 5.82 Å². The number of alkyl halides is 3. The molecule has 0 unspecified atom stereocenters. The third-order valence-electron chi connectivity index (χ3n) is 2.07. The van der Waals surface area contributed by atoms with Crippen molar-refractivity contribution in [1.29, 1.82) is 0 Å². The minimum absolute atomic E-state index is 0.0978. The number of halogens is 3. The first-order chi connectivity index (χ1) is 7.28. The number of nitrogens with zero attached hydrogens (tertiary/aromatic N) is 3. The molecule has 0 N–H and O–H groups in total. The maximum atomic E-state index is 12.0. The Morgan fingerprint density at radius 3 is 2.38 bits per heavy atom. The van der Waals surface area contributed by atoms with Crippen LogP contribution in [0.1, 0.15) is 17.9 Å². The van der Waals surface area contributed by atoms with Crippen LogP contribution in [0.3, 0.4) is 0 Å². The largest absolute Gasteiger partial charge is 0.390 e. The first-order valence-corrected chi connectivity index (χ1v) is 4.88. The van der Waals surface area contributed by atoms with Gasteiger partial charge in [-0.2, -0.15) is 13.2 Å². The van der Waals surface area contributed by atoms with Gasteiger partial charge in [0.05, 0.1) is 6.42 Å². The van der Waals surface area contributed by atoms with Gasteiger partial charge >= 0.3 is 6.18 Å². The SMILES string of the molecule is Cc1cc(N(C)CCC(F)(F)F)nc(C)n1. The Hall–Kier alpha value is -1.33. The van der Waals surface area contributed by atoms with E-state index in [0.29, 0.717) is 11.6 Å². The standard InChI is InChI=1S/C10H14F3N3/c1-7-6-9(15-8(2)14-7)16(3)5-4-10(11,12)13/h6H,4-5H2,1-3H3. The van der Waals surface area contributed by atoms with Gasteiger partial charge < -0.3 is 4.90 Å². The fourth-order valence-electron chi connectivity index (χ4n) is 1.30. The van der Waals surface area contributed by atoms with E-state index in [1.807, 2.05) is 0 Å². The molecule has 1 rings (SSSR count). The van der Waals surface area contributed by atoms with E-state index in [1.165, 1.54) is 4.90 Å². The Bertz CT molecular complexity index is 343. The van der Waals surface area contributed by atoms with E-state index in [1.54, 1.807) is 27.0 Å². The van der Waals surface area contributed by atoms with Crippen molar-refractivity contribution in [1.82, 2.24) is 9.97 Å². The van der Waals surface area contributed by atoms with Crippen molar-refractivity contribution < 1.29 is 13.2 Å². The van der Waals surface area contributed by atoms with Crippen LogP contribution in [0.25, 0.3) is 0 Å². The zero-order valence-electron chi connectivity index (χ0n) is 9.47. The highest BCUT2D eigenvalue weighted by molar-refractivity contribution is 5.38. The summed E-state index contributed by atoms with van der Waals surface area (Å²) in [6, 6.07) is 1.67. The van der Waals surface area contributed by atoms with Crippen LogP contribution in [0.4, 0.5) is 19.0 Å². The molecule has 0 aliphatic carbocycles. The third-order valence-corrected chi connectivity index (χ3v) is 2.07. The highest BCUT2D eigenvalue weighted by Gasteiger charge is 2.27. The van der Waals surface area contributed by atoms with Crippen molar-refractivity contribution in [3.63, 3.8) is 0 Å². The Morgan fingerprint density at radius 2 is 1.88 bits per heavy atom. The van der Waals surface area contributed by atoms with E-state index in [2.05, 4.69) is 9.97 Å². The van der Waals surface area contributed by atoms with Gasteiger partial charge in [0.2, 0.25) is 0 Å². The monoisotopic (exact) mass is 233 g/mol. The molecule has 1 heterocycles. The maximum Gasteiger partial charge on any atom is 0.390 e. The average molecular weight is 233 g/mol. The number of hydrogen-bond acceptors (Lipinski definition) is 3. The summed E-state index contributed by atoms with van der Waals surface area (Å²) in [5.74, 6) is 1.09. The predicted molar refractivity (Wildman–Crippen MR) is 55.4 cm³/mol.